The summed E-state index contributed by atoms with van der Waals surface area (Å²) >= 11 is 1.63. The zero-order valence-electron chi connectivity index (χ0n) is 14.2. The molecule has 1 aromatic carbocycles. The van der Waals surface area contributed by atoms with Crippen molar-refractivity contribution < 1.29 is 0 Å². The SMILES string of the molecule is c1ccc(CC[C@H]2CCCN2Cc2csc(-c3ncccn3)n2)cc1. The number of likely N-dealkylation sites (tertiary alicyclic amines) is 1. The Bertz CT molecular complexity index is 788. The van der Waals surface area contributed by atoms with Crippen molar-refractivity contribution in [2.24, 2.45) is 0 Å². The lowest BCUT2D eigenvalue weighted by molar-refractivity contribution is 0.232. The third-order valence-corrected chi connectivity index (χ3v) is 5.67. The van der Waals surface area contributed by atoms with E-state index in [1.165, 1.54) is 31.4 Å². The summed E-state index contributed by atoms with van der Waals surface area (Å²) in [6.07, 6.45) is 8.50. The largest absolute Gasteiger partial charge is 0.295 e. The summed E-state index contributed by atoms with van der Waals surface area (Å²) < 4.78 is 0. The van der Waals surface area contributed by atoms with Crippen LogP contribution in [0.4, 0.5) is 0 Å². The normalized spacial score (nSPS) is 17.8. The molecule has 4 rings (SSSR count). The highest BCUT2D eigenvalue weighted by Gasteiger charge is 2.25. The van der Waals surface area contributed by atoms with E-state index < -0.39 is 0 Å². The molecular formula is C20H22N4S. The summed E-state index contributed by atoms with van der Waals surface area (Å²) in [5, 5.41) is 3.06. The molecule has 0 spiro atoms. The van der Waals surface area contributed by atoms with Crippen molar-refractivity contribution in [1.82, 2.24) is 19.9 Å². The highest BCUT2D eigenvalue weighted by Crippen LogP contribution is 2.26. The Morgan fingerprint density at radius 3 is 2.76 bits per heavy atom. The van der Waals surface area contributed by atoms with Crippen LogP contribution in [0.3, 0.4) is 0 Å². The van der Waals surface area contributed by atoms with E-state index in [0.717, 1.165) is 29.5 Å². The number of hydrogen-bond acceptors (Lipinski definition) is 5. The second kappa shape index (κ2) is 7.85. The third-order valence-electron chi connectivity index (χ3n) is 4.78. The van der Waals surface area contributed by atoms with Crippen LogP contribution in [-0.4, -0.2) is 32.4 Å². The predicted octanol–water partition coefficient (Wildman–Crippen LogP) is 4.20. The van der Waals surface area contributed by atoms with Gasteiger partial charge in [0, 0.05) is 30.4 Å². The summed E-state index contributed by atoms with van der Waals surface area (Å²) in [4.78, 5) is 15.9. The van der Waals surface area contributed by atoms with Gasteiger partial charge in [-0.1, -0.05) is 30.3 Å². The van der Waals surface area contributed by atoms with E-state index in [2.05, 4.69) is 50.6 Å². The van der Waals surface area contributed by atoms with Crippen LogP contribution in [0.5, 0.6) is 0 Å². The Morgan fingerprint density at radius 2 is 1.92 bits per heavy atom. The molecule has 0 radical (unpaired) electrons. The average Bonchev–Trinajstić information content (AvgIpc) is 3.32. The first-order valence-corrected chi connectivity index (χ1v) is 9.76. The summed E-state index contributed by atoms with van der Waals surface area (Å²) in [5.74, 6) is 0.723. The van der Waals surface area contributed by atoms with E-state index in [1.807, 2.05) is 6.07 Å². The molecule has 1 fully saturated rings. The number of nitrogens with zero attached hydrogens (tertiary/aromatic N) is 4. The quantitative estimate of drug-likeness (QED) is 0.668. The van der Waals surface area contributed by atoms with E-state index in [-0.39, 0.29) is 0 Å². The molecule has 0 saturated carbocycles. The molecule has 3 aromatic rings. The van der Waals surface area contributed by atoms with Crippen molar-refractivity contribution in [2.75, 3.05) is 6.54 Å². The topological polar surface area (TPSA) is 41.9 Å². The van der Waals surface area contributed by atoms with Crippen molar-refractivity contribution in [1.29, 1.82) is 0 Å². The van der Waals surface area contributed by atoms with Gasteiger partial charge in [0.1, 0.15) is 0 Å². The zero-order valence-corrected chi connectivity index (χ0v) is 15.0. The molecular weight excluding hydrogens is 328 g/mol. The summed E-state index contributed by atoms with van der Waals surface area (Å²) in [6, 6.07) is 13.3. The molecule has 3 heterocycles. The Kier molecular flexibility index (Phi) is 5.14. The molecule has 0 amide bonds. The molecule has 1 aliphatic heterocycles. The maximum Gasteiger partial charge on any atom is 0.188 e. The minimum Gasteiger partial charge on any atom is -0.295 e. The fourth-order valence-corrected chi connectivity index (χ4v) is 4.26. The maximum absolute atomic E-state index is 4.75. The van der Waals surface area contributed by atoms with Gasteiger partial charge in [0.2, 0.25) is 0 Å². The van der Waals surface area contributed by atoms with Gasteiger partial charge in [-0.05, 0) is 43.9 Å². The first-order chi connectivity index (χ1) is 12.4. The lowest BCUT2D eigenvalue weighted by atomic mass is 10.0. The predicted molar refractivity (Wildman–Crippen MR) is 101 cm³/mol. The van der Waals surface area contributed by atoms with Gasteiger partial charge < -0.3 is 0 Å². The molecule has 5 heteroatoms. The van der Waals surface area contributed by atoms with Crippen molar-refractivity contribution in [3.05, 3.63) is 65.4 Å². The minimum atomic E-state index is 0.665. The van der Waals surface area contributed by atoms with Gasteiger partial charge >= 0.3 is 0 Å². The molecule has 2 aromatic heterocycles. The standard InChI is InChI=1S/C20H22N4S/c1-2-6-16(7-3-1)9-10-18-8-4-13-24(18)14-17-15-25-20(23-17)19-21-11-5-12-22-19/h1-3,5-7,11-12,15,18H,4,8-10,13-14H2/t18-/m1/s1. The van der Waals surface area contributed by atoms with E-state index >= 15 is 0 Å². The van der Waals surface area contributed by atoms with Crippen molar-refractivity contribution in [2.45, 2.75) is 38.3 Å². The second-order valence-corrected chi connectivity index (χ2v) is 7.37. The molecule has 128 valence electrons. The minimum absolute atomic E-state index is 0.665. The van der Waals surface area contributed by atoms with Crippen LogP contribution in [0.15, 0.2) is 54.2 Å². The lowest BCUT2D eigenvalue weighted by Gasteiger charge is -2.23. The van der Waals surface area contributed by atoms with Crippen molar-refractivity contribution in [3.63, 3.8) is 0 Å². The monoisotopic (exact) mass is 350 g/mol. The van der Waals surface area contributed by atoms with Crippen LogP contribution in [-0.2, 0) is 13.0 Å². The first kappa shape index (κ1) is 16.4. The van der Waals surface area contributed by atoms with Crippen LogP contribution in [0.2, 0.25) is 0 Å². The van der Waals surface area contributed by atoms with Gasteiger partial charge in [0.05, 0.1) is 5.69 Å². The van der Waals surface area contributed by atoms with Gasteiger partial charge in [-0.25, -0.2) is 15.0 Å². The highest BCUT2D eigenvalue weighted by molar-refractivity contribution is 7.13. The molecule has 25 heavy (non-hydrogen) atoms. The molecule has 1 aliphatic rings. The van der Waals surface area contributed by atoms with Gasteiger partial charge in [-0.2, -0.15) is 0 Å². The molecule has 0 unspecified atom stereocenters. The van der Waals surface area contributed by atoms with Gasteiger partial charge in [-0.3, -0.25) is 4.90 Å². The fourth-order valence-electron chi connectivity index (χ4n) is 3.51. The Hall–Kier alpha value is -2.11. The Morgan fingerprint density at radius 1 is 1.08 bits per heavy atom. The molecule has 4 nitrogen and oxygen atoms in total. The number of benzene rings is 1. The van der Waals surface area contributed by atoms with Crippen LogP contribution < -0.4 is 0 Å². The molecule has 0 N–H and O–H groups in total. The van der Waals surface area contributed by atoms with Crippen molar-refractivity contribution in [3.8, 4) is 10.8 Å². The van der Waals surface area contributed by atoms with E-state index in [0.29, 0.717) is 6.04 Å². The van der Waals surface area contributed by atoms with E-state index in [9.17, 15) is 0 Å². The maximum atomic E-state index is 4.75. The van der Waals surface area contributed by atoms with Gasteiger partial charge in [-0.15, -0.1) is 11.3 Å². The van der Waals surface area contributed by atoms with E-state index in [1.54, 1.807) is 23.7 Å². The number of hydrogen-bond donors (Lipinski definition) is 0. The molecule has 0 aliphatic carbocycles. The molecule has 0 bridgehead atoms. The summed E-state index contributed by atoms with van der Waals surface area (Å²) in [5.41, 5.74) is 2.57. The molecule has 1 saturated heterocycles. The third kappa shape index (κ3) is 4.11. The number of aromatic nitrogens is 3. The van der Waals surface area contributed by atoms with Crippen LogP contribution in [0, 0.1) is 0 Å². The Balaban J connectivity index is 1.37. The zero-order chi connectivity index (χ0) is 16.9. The lowest BCUT2D eigenvalue weighted by Crippen LogP contribution is -2.29. The van der Waals surface area contributed by atoms with Crippen LogP contribution in [0.25, 0.3) is 10.8 Å². The number of thiazole rings is 1. The number of rotatable bonds is 6. The summed E-state index contributed by atoms with van der Waals surface area (Å²) in [7, 11) is 0. The van der Waals surface area contributed by atoms with Crippen molar-refractivity contribution >= 4 is 11.3 Å². The molecule has 1 atom stereocenters. The fraction of sp³-hybridized carbons (Fsp3) is 0.350. The number of aryl methyl sites for hydroxylation is 1. The van der Waals surface area contributed by atoms with E-state index in [4.69, 9.17) is 4.98 Å². The summed E-state index contributed by atoms with van der Waals surface area (Å²) in [6.45, 7) is 2.11. The van der Waals surface area contributed by atoms with Crippen LogP contribution in [0.1, 0.15) is 30.5 Å². The highest BCUT2D eigenvalue weighted by atomic mass is 32.1. The van der Waals surface area contributed by atoms with Gasteiger partial charge in [0.15, 0.2) is 10.8 Å². The Labute approximate surface area is 152 Å². The van der Waals surface area contributed by atoms with Gasteiger partial charge in [0.25, 0.3) is 0 Å². The second-order valence-electron chi connectivity index (χ2n) is 6.51. The first-order valence-electron chi connectivity index (χ1n) is 8.88. The smallest absolute Gasteiger partial charge is 0.188 e. The van der Waals surface area contributed by atoms with Crippen LogP contribution >= 0.6 is 11.3 Å². The average molecular weight is 350 g/mol.